The fraction of sp³-hybridized carbons (Fsp3) is 0.286. The molecule has 6 heteroatoms. The quantitative estimate of drug-likeness (QED) is 0.592. The van der Waals surface area contributed by atoms with Gasteiger partial charge in [-0.1, -0.05) is 0 Å². The summed E-state index contributed by atoms with van der Waals surface area (Å²) in [6, 6.07) is 1.38. The van der Waals surface area contributed by atoms with E-state index in [-0.39, 0.29) is 5.69 Å². The van der Waals surface area contributed by atoms with Gasteiger partial charge in [0.05, 0.1) is 16.5 Å². The van der Waals surface area contributed by atoms with Crippen molar-refractivity contribution in [1.29, 1.82) is 0 Å². The van der Waals surface area contributed by atoms with Gasteiger partial charge in [0, 0.05) is 6.07 Å². The van der Waals surface area contributed by atoms with Gasteiger partial charge in [0.15, 0.2) is 0 Å². The Morgan fingerprint density at radius 2 is 2.31 bits per heavy atom. The van der Waals surface area contributed by atoms with Crippen LogP contribution in [0.2, 0.25) is 0 Å². The van der Waals surface area contributed by atoms with E-state index < -0.39 is 4.92 Å². The Hall–Kier alpha value is -1.17. The summed E-state index contributed by atoms with van der Waals surface area (Å²) in [6.07, 6.45) is 0. The Bertz CT molecular complexity index is 354. The molecule has 0 bridgehead atoms. The van der Waals surface area contributed by atoms with Gasteiger partial charge in [-0.25, -0.2) is 4.98 Å². The highest BCUT2D eigenvalue weighted by Gasteiger charge is 2.15. The Labute approximate surface area is 83.0 Å². The summed E-state index contributed by atoms with van der Waals surface area (Å²) in [5.74, 6) is 0.350. The predicted octanol–water partition coefficient (Wildman–Crippen LogP) is 2.07. The lowest BCUT2D eigenvalue weighted by Gasteiger charge is -2.02. The van der Waals surface area contributed by atoms with E-state index in [1.807, 2.05) is 0 Å². The van der Waals surface area contributed by atoms with E-state index in [2.05, 4.69) is 20.9 Å². The molecule has 0 atom stereocenters. The zero-order chi connectivity index (χ0) is 10.0. The Kier molecular flexibility index (Phi) is 2.82. The van der Waals surface area contributed by atoms with Crippen LogP contribution in [0.25, 0.3) is 0 Å². The molecule has 70 valence electrons. The second-order valence-corrected chi connectivity index (χ2v) is 3.20. The van der Waals surface area contributed by atoms with E-state index in [0.717, 1.165) is 0 Å². The molecule has 0 aliphatic rings. The highest BCUT2D eigenvalue weighted by atomic mass is 79.9. The summed E-state index contributed by atoms with van der Waals surface area (Å²) in [5, 5.41) is 10.5. The first-order valence-corrected chi connectivity index (χ1v) is 4.21. The molecular formula is C7H7BrN2O3. The molecule has 0 fully saturated rings. The standard InChI is InChI=1S/C7H7BrN2O3/c1-4-6(10(11)12)3-5(8)7(9-4)13-2/h3H,1-2H3. The average Bonchev–Trinajstić information content (AvgIpc) is 2.07. The van der Waals surface area contributed by atoms with Gasteiger partial charge in [-0.05, 0) is 22.9 Å². The molecule has 0 N–H and O–H groups in total. The minimum Gasteiger partial charge on any atom is -0.480 e. The van der Waals surface area contributed by atoms with E-state index in [1.54, 1.807) is 6.92 Å². The molecule has 1 rings (SSSR count). The minimum absolute atomic E-state index is 0.0207. The topological polar surface area (TPSA) is 65.3 Å². The summed E-state index contributed by atoms with van der Waals surface area (Å²) in [6.45, 7) is 1.56. The maximum Gasteiger partial charge on any atom is 0.291 e. The summed E-state index contributed by atoms with van der Waals surface area (Å²) >= 11 is 3.12. The number of aryl methyl sites for hydroxylation is 1. The van der Waals surface area contributed by atoms with Crippen molar-refractivity contribution in [2.24, 2.45) is 0 Å². The van der Waals surface area contributed by atoms with Crippen molar-refractivity contribution >= 4 is 21.6 Å². The van der Waals surface area contributed by atoms with Crippen LogP contribution in [0.4, 0.5) is 5.69 Å². The molecule has 13 heavy (non-hydrogen) atoms. The number of pyridine rings is 1. The van der Waals surface area contributed by atoms with Gasteiger partial charge >= 0.3 is 0 Å². The van der Waals surface area contributed by atoms with Gasteiger partial charge in [-0.3, -0.25) is 10.1 Å². The van der Waals surface area contributed by atoms with Crippen LogP contribution in [0.15, 0.2) is 10.5 Å². The van der Waals surface area contributed by atoms with Crippen molar-refractivity contribution < 1.29 is 9.66 Å². The monoisotopic (exact) mass is 246 g/mol. The molecule has 0 spiro atoms. The van der Waals surface area contributed by atoms with E-state index in [4.69, 9.17) is 4.74 Å². The first kappa shape index (κ1) is 9.91. The maximum atomic E-state index is 10.5. The summed E-state index contributed by atoms with van der Waals surface area (Å²) in [7, 11) is 1.46. The number of nitrogens with zero attached hydrogens (tertiary/aromatic N) is 2. The van der Waals surface area contributed by atoms with Gasteiger partial charge in [-0.15, -0.1) is 0 Å². The summed E-state index contributed by atoms with van der Waals surface area (Å²) in [4.78, 5) is 13.9. The number of nitro groups is 1. The summed E-state index contributed by atoms with van der Waals surface area (Å²) < 4.78 is 5.36. The van der Waals surface area contributed by atoms with Crippen LogP contribution in [0, 0.1) is 17.0 Å². The fourth-order valence-electron chi connectivity index (χ4n) is 0.877. The third kappa shape index (κ3) is 1.95. The highest BCUT2D eigenvalue weighted by Crippen LogP contribution is 2.28. The van der Waals surface area contributed by atoms with Crippen LogP contribution in [0.3, 0.4) is 0 Å². The summed E-state index contributed by atoms with van der Waals surface area (Å²) in [5.41, 5.74) is 0.317. The van der Waals surface area contributed by atoms with E-state index >= 15 is 0 Å². The van der Waals surface area contributed by atoms with Crippen molar-refractivity contribution in [2.45, 2.75) is 6.92 Å². The van der Waals surface area contributed by atoms with E-state index in [0.29, 0.717) is 16.0 Å². The lowest BCUT2D eigenvalue weighted by atomic mass is 10.3. The van der Waals surface area contributed by atoms with Crippen molar-refractivity contribution in [1.82, 2.24) is 4.98 Å². The maximum absolute atomic E-state index is 10.5. The number of halogens is 1. The highest BCUT2D eigenvalue weighted by molar-refractivity contribution is 9.10. The van der Waals surface area contributed by atoms with Crippen LogP contribution in [-0.4, -0.2) is 17.0 Å². The molecule has 1 aromatic rings. The Morgan fingerprint density at radius 3 is 2.77 bits per heavy atom. The number of methoxy groups -OCH3 is 1. The second kappa shape index (κ2) is 3.69. The van der Waals surface area contributed by atoms with Crippen molar-refractivity contribution in [3.05, 3.63) is 26.3 Å². The Morgan fingerprint density at radius 1 is 1.69 bits per heavy atom. The zero-order valence-corrected chi connectivity index (χ0v) is 8.66. The number of ether oxygens (including phenoxy) is 1. The third-order valence-corrected chi connectivity index (χ3v) is 2.07. The molecule has 1 heterocycles. The number of aromatic nitrogens is 1. The largest absolute Gasteiger partial charge is 0.480 e. The molecule has 0 aliphatic heterocycles. The van der Waals surface area contributed by atoms with Gasteiger partial charge in [-0.2, -0.15) is 0 Å². The van der Waals surface area contributed by atoms with Gasteiger partial charge in [0.1, 0.15) is 5.69 Å². The zero-order valence-electron chi connectivity index (χ0n) is 7.07. The molecular weight excluding hydrogens is 240 g/mol. The lowest BCUT2D eigenvalue weighted by Crippen LogP contribution is -1.97. The molecule has 0 aromatic carbocycles. The van der Waals surface area contributed by atoms with Crippen molar-refractivity contribution in [3.8, 4) is 5.88 Å². The van der Waals surface area contributed by atoms with Crippen LogP contribution in [0.5, 0.6) is 5.88 Å². The lowest BCUT2D eigenvalue weighted by molar-refractivity contribution is -0.385. The molecule has 0 saturated heterocycles. The molecule has 0 radical (unpaired) electrons. The number of hydrogen-bond acceptors (Lipinski definition) is 4. The van der Waals surface area contributed by atoms with E-state index in [9.17, 15) is 10.1 Å². The second-order valence-electron chi connectivity index (χ2n) is 2.34. The average molecular weight is 247 g/mol. The van der Waals surface area contributed by atoms with Crippen LogP contribution in [-0.2, 0) is 0 Å². The Balaban J connectivity index is 3.28. The van der Waals surface area contributed by atoms with Crippen LogP contribution >= 0.6 is 15.9 Å². The van der Waals surface area contributed by atoms with Crippen LogP contribution < -0.4 is 4.74 Å². The smallest absolute Gasteiger partial charge is 0.291 e. The molecule has 0 unspecified atom stereocenters. The minimum atomic E-state index is -0.480. The molecule has 0 saturated carbocycles. The van der Waals surface area contributed by atoms with E-state index in [1.165, 1.54) is 13.2 Å². The van der Waals surface area contributed by atoms with Gasteiger partial charge in [0.2, 0.25) is 5.88 Å². The van der Waals surface area contributed by atoms with Crippen molar-refractivity contribution in [3.63, 3.8) is 0 Å². The fourth-order valence-corrected chi connectivity index (χ4v) is 1.34. The first-order valence-electron chi connectivity index (χ1n) is 3.41. The molecule has 1 aromatic heterocycles. The third-order valence-electron chi connectivity index (χ3n) is 1.50. The van der Waals surface area contributed by atoms with Crippen molar-refractivity contribution in [2.75, 3.05) is 7.11 Å². The first-order chi connectivity index (χ1) is 6.06. The number of hydrogen-bond donors (Lipinski definition) is 0. The molecule has 0 aliphatic carbocycles. The SMILES string of the molecule is COc1nc(C)c([N+](=O)[O-])cc1Br. The van der Waals surface area contributed by atoms with Gasteiger partial charge in [0.25, 0.3) is 5.69 Å². The predicted molar refractivity (Wildman–Crippen MR) is 49.9 cm³/mol. The normalized spacial score (nSPS) is 9.77. The van der Waals surface area contributed by atoms with Gasteiger partial charge < -0.3 is 4.74 Å². The molecule has 5 nitrogen and oxygen atoms in total. The number of rotatable bonds is 2. The van der Waals surface area contributed by atoms with Crippen LogP contribution in [0.1, 0.15) is 5.69 Å². The molecule has 0 amide bonds.